The van der Waals surface area contributed by atoms with Crippen LogP contribution in [0.25, 0.3) is 11.5 Å². The molecular formula is C22H24N2O3. The van der Waals surface area contributed by atoms with Crippen molar-refractivity contribution in [3.8, 4) is 23.0 Å². The zero-order chi connectivity index (χ0) is 18.6. The number of para-hydroxylation sites is 1. The molecule has 0 amide bonds. The summed E-state index contributed by atoms with van der Waals surface area (Å²) < 4.78 is 17.3. The molecule has 1 aromatic heterocycles. The minimum Gasteiger partial charge on any atom is -0.457 e. The molecule has 0 N–H and O–H groups in total. The van der Waals surface area contributed by atoms with Crippen molar-refractivity contribution in [2.24, 2.45) is 0 Å². The van der Waals surface area contributed by atoms with Gasteiger partial charge in [-0.1, -0.05) is 24.3 Å². The lowest BCUT2D eigenvalue weighted by molar-refractivity contribution is 0.155. The molecule has 5 heteroatoms. The predicted molar refractivity (Wildman–Crippen MR) is 104 cm³/mol. The summed E-state index contributed by atoms with van der Waals surface area (Å²) in [7, 11) is 2.11. The molecule has 0 saturated carbocycles. The SMILES string of the molecule is Cc1oc(-c2cccc(Oc3ccccc3)c2)nc1CN(C)C1CCOC1. The fraction of sp³-hybridized carbons (Fsp3) is 0.318. The number of likely N-dealkylation sites (N-methyl/N-ethyl adjacent to an activating group) is 1. The minimum atomic E-state index is 0.451. The van der Waals surface area contributed by atoms with Crippen molar-refractivity contribution < 1.29 is 13.9 Å². The second kappa shape index (κ2) is 7.94. The summed E-state index contributed by atoms with van der Waals surface area (Å²) in [6.07, 6.45) is 1.07. The predicted octanol–water partition coefficient (Wildman–Crippen LogP) is 4.66. The van der Waals surface area contributed by atoms with Crippen molar-refractivity contribution >= 4 is 0 Å². The van der Waals surface area contributed by atoms with Gasteiger partial charge in [0.2, 0.25) is 5.89 Å². The van der Waals surface area contributed by atoms with E-state index in [-0.39, 0.29) is 0 Å². The summed E-state index contributed by atoms with van der Waals surface area (Å²) in [5.41, 5.74) is 1.87. The molecule has 1 aliphatic rings. The van der Waals surface area contributed by atoms with Crippen LogP contribution in [0.2, 0.25) is 0 Å². The summed E-state index contributed by atoms with van der Waals surface area (Å²) >= 11 is 0. The van der Waals surface area contributed by atoms with Crippen LogP contribution >= 0.6 is 0 Å². The Kier molecular flexibility index (Phi) is 5.23. The van der Waals surface area contributed by atoms with Crippen LogP contribution in [0, 0.1) is 6.92 Å². The van der Waals surface area contributed by atoms with Gasteiger partial charge < -0.3 is 13.9 Å². The maximum atomic E-state index is 5.94. The summed E-state index contributed by atoms with van der Waals surface area (Å²) in [5, 5.41) is 0. The van der Waals surface area contributed by atoms with Gasteiger partial charge in [0.25, 0.3) is 0 Å². The molecule has 4 rings (SSSR count). The molecule has 3 aromatic rings. The van der Waals surface area contributed by atoms with E-state index in [1.54, 1.807) is 0 Å². The van der Waals surface area contributed by atoms with E-state index in [0.29, 0.717) is 11.9 Å². The smallest absolute Gasteiger partial charge is 0.226 e. The van der Waals surface area contributed by atoms with Crippen LogP contribution < -0.4 is 4.74 Å². The number of ether oxygens (including phenoxy) is 2. The third-order valence-electron chi connectivity index (χ3n) is 4.88. The Morgan fingerprint density at radius 1 is 1.11 bits per heavy atom. The topological polar surface area (TPSA) is 47.7 Å². The highest BCUT2D eigenvalue weighted by Crippen LogP contribution is 2.28. The Labute approximate surface area is 159 Å². The molecule has 1 saturated heterocycles. The zero-order valence-electron chi connectivity index (χ0n) is 15.7. The van der Waals surface area contributed by atoms with Crippen molar-refractivity contribution in [2.45, 2.75) is 25.9 Å². The third-order valence-corrected chi connectivity index (χ3v) is 4.88. The quantitative estimate of drug-likeness (QED) is 0.636. The van der Waals surface area contributed by atoms with E-state index >= 15 is 0 Å². The van der Waals surface area contributed by atoms with Gasteiger partial charge in [-0.05, 0) is 50.7 Å². The van der Waals surface area contributed by atoms with Crippen molar-refractivity contribution in [3.63, 3.8) is 0 Å². The summed E-state index contributed by atoms with van der Waals surface area (Å²) in [5.74, 6) is 3.04. The molecule has 1 aliphatic heterocycles. The Morgan fingerprint density at radius 2 is 1.93 bits per heavy atom. The van der Waals surface area contributed by atoms with Crippen LogP contribution in [0.1, 0.15) is 17.9 Å². The van der Waals surface area contributed by atoms with Crippen LogP contribution in [-0.2, 0) is 11.3 Å². The van der Waals surface area contributed by atoms with Crippen LogP contribution in [0.3, 0.4) is 0 Å². The number of hydrogen-bond acceptors (Lipinski definition) is 5. The van der Waals surface area contributed by atoms with Gasteiger partial charge in [0, 0.05) is 24.8 Å². The number of aryl methyl sites for hydroxylation is 1. The number of hydrogen-bond donors (Lipinski definition) is 0. The molecule has 0 spiro atoms. The largest absolute Gasteiger partial charge is 0.457 e. The molecule has 0 radical (unpaired) electrons. The molecule has 0 aliphatic carbocycles. The van der Waals surface area contributed by atoms with Crippen LogP contribution in [0.5, 0.6) is 11.5 Å². The Bertz CT molecular complexity index is 886. The number of aromatic nitrogens is 1. The Balaban J connectivity index is 1.51. The van der Waals surface area contributed by atoms with E-state index < -0.39 is 0 Å². The van der Waals surface area contributed by atoms with Crippen molar-refractivity contribution in [1.29, 1.82) is 0 Å². The molecular weight excluding hydrogens is 340 g/mol. The number of oxazole rings is 1. The molecule has 1 fully saturated rings. The third kappa shape index (κ3) is 4.21. The lowest BCUT2D eigenvalue weighted by atomic mass is 10.2. The fourth-order valence-corrected chi connectivity index (χ4v) is 3.25. The maximum Gasteiger partial charge on any atom is 0.226 e. The number of nitrogens with zero attached hydrogens (tertiary/aromatic N) is 2. The highest BCUT2D eigenvalue weighted by atomic mass is 16.5. The van der Waals surface area contributed by atoms with E-state index in [0.717, 1.165) is 54.7 Å². The first kappa shape index (κ1) is 17.8. The van der Waals surface area contributed by atoms with Gasteiger partial charge in [0.1, 0.15) is 17.3 Å². The molecule has 2 aromatic carbocycles. The standard InChI is InChI=1S/C22H24N2O3/c1-16-21(14-24(2)18-11-12-25-15-18)23-22(26-16)17-7-6-10-20(13-17)27-19-8-4-3-5-9-19/h3-10,13,18H,11-12,14-15H2,1-2H3. The van der Waals surface area contributed by atoms with Crippen LogP contribution in [-0.4, -0.2) is 36.2 Å². The van der Waals surface area contributed by atoms with Crippen LogP contribution in [0.4, 0.5) is 0 Å². The van der Waals surface area contributed by atoms with Crippen LogP contribution in [0.15, 0.2) is 59.0 Å². The van der Waals surface area contributed by atoms with Gasteiger partial charge in [-0.3, -0.25) is 4.90 Å². The van der Waals surface area contributed by atoms with E-state index in [1.807, 2.05) is 61.5 Å². The highest BCUT2D eigenvalue weighted by molar-refractivity contribution is 5.57. The average Bonchev–Trinajstić information content (AvgIpc) is 3.34. The summed E-state index contributed by atoms with van der Waals surface area (Å²) in [6.45, 7) is 4.35. The molecule has 0 bridgehead atoms. The monoisotopic (exact) mass is 364 g/mol. The summed E-state index contributed by atoms with van der Waals surface area (Å²) in [6, 6.07) is 18.0. The second-order valence-corrected chi connectivity index (χ2v) is 6.90. The lowest BCUT2D eigenvalue weighted by Crippen LogP contribution is -2.31. The second-order valence-electron chi connectivity index (χ2n) is 6.90. The van der Waals surface area contributed by atoms with Crippen molar-refractivity contribution in [1.82, 2.24) is 9.88 Å². The molecule has 1 atom stereocenters. The van der Waals surface area contributed by atoms with Gasteiger partial charge >= 0.3 is 0 Å². The maximum absolute atomic E-state index is 5.94. The minimum absolute atomic E-state index is 0.451. The van der Waals surface area contributed by atoms with Gasteiger partial charge in [-0.25, -0.2) is 4.98 Å². The van der Waals surface area contributed by atoms with E-state index in [2.05, 4.69) is 11.9 Å². The number of rotatable bonds is 6. The molecule has 27 heavy (non-hydrogen) atoms. The van der Waals surface area contributed by atoms with E-state index in [9.17, 15) is 0 Å². The highest BCUT2D eigenvalue weighted by Gasteiger charge is 2.22. The van der Waals surface area contributed by atoms with Gasteiger partial charge in [-0.15, -0.1) is 0 Å². The molecule has 1 unspecified atom stereocenters. The van der Waals surface area contributed by atoms with Gasteiger partial charge in [0.05, 0.1) is 12.3 Å². The van der Waals surface area contributed by atoms with Crippen molar-refractivity contribution in [2.75, 3.05) is 20.3 Å². The number of benzene rings is 2. The molecule has 140 valence electrons. The first-order valence-electron chi connectivity index (χ1n) is 9.26. The van der Waals surface area contributed by atoms with Gasteiger partial charge in [0.15, 0.2) is 0 Å². The van der Waals surface area contributed by atoms with Gasteiger partial charge in [-0.2, -0.15) is 0 Å². The lowest BCUT2D eigenvalue weighted by Gasteiger charge is -2.21. The molecule has 2 heterocycles. The Hall–Kier alpha value is -2.63. The fourth-order valence-electron chi connectivity index (χ4n) is 3.25. The van der Waals surface area contributed by atoms with Crippen molar-refractivity contribution in [3.05, 3.63) is 66.1 Å². The first-order valence-corrected chi connectivity index (χ1v) is 9.26. The average molecular weight is 364 g/mol. The zero-order valence-corrected chi connectivity index (χ0v) is 15.7. The summed E-state index contributed by atoms with van der Waals surface area (Å²) in [4.78, 5) is 7.02. The Morgan fingerprint density at radius 3 is 2.70 bits per heavy atom. The molecule has 5 nitrogen and oxygen atoms in total. The first-order chi connectivity index (χ1) is 13.2. The normalized spacial score (nSPS) is 16.8. The van der Waals surface area contributed by atoms with E-state index in [1.165, 1.54) is 0 Å². The van der Waals surface area contributed by atoms with E-state index in [4.69, 9.17) is 18.9 Å².